The number of carbonyl (C=O) groups is 3. The molecule has 9 unspecified atom stereocenters. The molecule has 0 aromatic heterocycles. The molecular formula is C47H70ClNO7. The number of hydrogen-bond donors (Lipinski definition) is 2. The Morgan fingerprint density at radius 3 is 2.25 bits per heavy atom. The fourth-order valence-electron chi connectivity index (χ4n) is 13.6. The molecule has 0 spiro atoms. The maximum absolute atomic E-state index is 14.3. The molecule has 312 valence electrons. The number of rotatable bonds is 13. The molecule has 0 saturated heterocycles. The highest BCUT2D eigenvalue weighted by molar-refractivity contribution is 6.30. The Hall–Kier alpha value is -2.26. The molecule has 4 saturated carbocycles. The van der Waals surface area contributed by atoms with Crippen LogP contribution in [0.3, 0.4) is 0 Å². The van der Waals surface area contributed by atoms with Crippen molar-refractivity contribution in [1.82, 2.24) is 4.90 Å². The summed E-state index contributed by atoms with van der Waals surface area (Å²) >= 11 is 6.21. The Kier molecular flexibility index (Phi) is 11.9. The predicted molar refractivity (Wildman–Crippen MR) is 220 cm³/mol. The van der Waals surface area contributed by atoms with Crippen molar-refractivity contribution in [1.29, 1.82) is 0 Å². The molecule has 0 radical (unpaired) electrons. The molecule has 1 aromatic rings. The molecule has 56 heavy (non-hydrogen) atoms. The maximum Gasteiger partial charge on any atom is 0.309 e. The van der Waals surface area contributed by atoms with Crippen LogP contribution >= 0.6 is 11.6 Å². The monoisotopic (exact) mass is 795 g/mol. The number of benzene rings is 1. The minimum absolute atomic E-state index is 0.0309. The van der Waals surface area contributed by atoms with Crippen molar-refractivity contribution < 1.29 is 34.1 Å². The number of fused-ring (bicyclic) bond motifs is 7. The summed E-state index contributed by atoms with van der Waals surface area (Å²) in [7, 11) is 1.71. The van der Waals surface area contributed by atoms with Gasteiger partial charge in [0.2, 0.25) is 0 Å². The molecule has 9 heteroatoms. The van der Waals surface area contributed by atoms with Crippen LogP contribution in [-0.4, -0.2) is 71.8 Å². The first-order chi connectivity index (χ1) is 26.1. The standard InChI is InChI=1S/C47H70ClNO7/c1-29(2)39-33(50)25-47(36(51)28-49(23-24-55-10)27-30-11-13-31(48)14-12-30)22-21-45(8)32(40(39)47)15-16-35-44(7)19-18-37(56-38(52)26-42(3,4)41(53)54)43(5,6)34(44)17-20-46(35,45)9/h11-14,29,32,34-37,51H,15-28H2,1-10H3,(H,53,54). The van der Waals surface area contributed by atoms with Gasteiger partial charge >= 0.3 is 11.9 Å². The van der Waals surface area contributed by atoms with Crippen molar-refractivity contribution in [3.8, 4) is 0 Å². The lowest BCUT2D eigenvalue weighted by Crippen LogP contribution is -2.66. The number of allylic oxidation sites excluding steroid dienone is 1. The van der Waals surface area contributed by atoms with Crippen LogP contribution < -0.4 is 0 Å². The van der Waals surface area contributed by atoms with Gasteiger partial charge in [-0.2, -0.15) is 0 Å². The van der Waals surface area contributed by atoms with Crippen molar-refractivity contribution in [3.63, 3.8) is 0 Å². The molecule has 1 aromatic carbocycles. The first kappa shape index (κ1) is 43.3. The molecule has 4 fully saturated rings. The zero-order chi connectivity index (χ0) is 41.2. The number of ketones is 1. The van der Waals surface area contributed by atoms with Gasteiger partial charge in [0, 0.05) is 49.0 Å². The number of carbonyl (C=O) groups excluding carboxylic acids is 2. The average Bonchev–Trinajstić information content (AvgIpc) is 3.42. The number of aliphatic hydroxyl groups excluding tert-OH is 1. The smallest absolute Gasteiger partial charge is 0.309 e. The lowest BCUT2D eigenvalue weighted by molar-refractivity contribution is -0.235. The number of nitrogens with zero attached hydrogens (tertiary/aromatic N) is 1. The highest BCUT2D eigenvalue weighted by Crippen LogP contribution is 2.77. The van der Waals surface area contributed by atoms with E-state index in [-0.39, 0.29) is 51.8 Å². The summed E-state index contributed by atoms with van der Waals surface area (Å²) < 4.78 is 11.7. The molecular weight excluding hydrogens is 726 g/mol. The molecule has 0 aliphatic heterocycles. The molecule has 9 atom stereocenters. The Bertz CT molecular complexity index is 1700. The number of carboxylic acid groups (broad SMARTS) is 1. The van der Waals surface area contributed by atoms with Crippen molar-refractivity contribution in [3.05, 3.63) is 46.0 Å². The van der Waals surface area contributed by atoms with E-state index in [4.69, 9.17) is 21.1 Å². The number of esters is 1. The van der Waals surface area contributed by atoms with Gasteiger partial charge in [-0.05, 0) is 128 Å². The summed E-state index contributed by atoms with van der Waals surface area (Å²) in [5.74, 6) is -0.0515. The van der Waals surface area contributed by atoms with Gasteiger partial charge < -0.3 is 19.7 Å². The second-order valence-electron chi connectivity index (χ2n) is 20.9. The van der Waals surface area contributed by atoms with E-state index in [1.54, 1.807) is 21.0 Å². The zero-order valence-corrected chi connectivity index (χ0v) is 36.7. The lowest BCUT2D eigenvalue weighted by atomic mass is 9.33. The SMILES string of the molecule is COCCN(Cc1ccc(Cl)cc1)CC(O)C12CCC3(C)C(CCC4C5(C)CCC(OC(=O)CC(C)(C)C(=O)O)C(C)(C)C5CCC43C)C1=C(C(C)C)C(=O)C2. The molecule has 0 amide bonds. The molecule has 0 bridgehead atoms. The zero-order valence-electron chi connectivity index (χ0n) is 35.9. The van der Waals surface area contributed by atoms with E-state index in [0.29, 0.717) is 49.5 Å². The lowest BCUT2D eigenvalue weighted by Gasteiger charge is -2.72. The van der Waals surface area contributed by atoms with Crippen LogP contribution in [0.25, 0.3) is 0 Å². The van der Waals surface area contributed by atoms with Crippen LogP contribution in [0, 0.1) is 56.2 Å². The van der Waals surface area contributed by atoms with E-state index in [2.05, 4.69) is 53.4 Å². The van der Waals surface area contributed by atoms with Crippen LogP contribution in [0.15, 0.2) is 35.4 Å². The third-order valence-corrected chi connectivity index (χ3v) is 17.1. The Balaban J connectivity index is 1.28. The van der Waals surface area contributed by atoms with E-state index < -0.39 is 28.9 Å². The van der Waals surface area contributed by atoms with Crippen LogP contribution in [-0.2, 0) is 30.4 Å². The highest BCUT2D eigenvalue weighted by atomic mass is 35.5. The number of carboxylic acids is 1. The summed E-state index contributed by atoms with van der Waals surface area (Å²) in [6.07, 6.45) is 7.01. The van der Waals surface area contributed by atoms with E-state index in [1.807, 2.05) is 24.3 Å². The van der Waals surface area contributed by atoms with Gasteiger partial charge in [0.1, 0.15) is 6.10 Å². The fraction of sp³-hybridized carbons (Fsp3) is 0.766. The van der Waals surface area contributed by atoms with Gasteiger partial charge in [0.15, 0.2) is 5.78 Å². The number of aliphatic hydroxyl groups is 1. The van der Waals surface area contributed by atoms with Crippen LogP contribution in [0.4, 0.5) is 0 Å². The van der Waals surface area contributed by atoms with Crippen molar-refractivity contribution in [2.45, 2.75) is 145 Å². The molecule has 6 rings (SSSR count). The number of Topliss-reactive ketones (excluding diaryl/α,β-unsaturated/α-hetero) is 1. The summed E-state index contributed by atoms with van der Waals surface area (Å²) in [5.41, 5.74) is 1.43. The van der Waals surface area contributed by atoms with Crippen LogP contribution in [0.5, 0.6) is 0 Å². The van der Waals surface area contributed by atoms with Gasteiger partial charge in [-0.1, -0.05) is 77.8 Å². The van der Waals surface area contributed by atoms with Crippen molar-refractivity contribution >= 4 is 29.3 Å². The number of aliphatic carboxylic acids is 1. The predicted octanol–water partition coefficient (Wildman–Crippen LogP) is 9.54. The molecule has 0 heterocycles. The number of halogens is 1. The first-order valence-electron chi connectivity index (χ1n) is 21.4. The summed E-state index contributed by atoms with van der Waals surface area (Å²) in [6, 6.07) is 7.90. The van der Waals surface area contributed by atoms with Gasteiger partial charge in [-0.3, -0.25) is 19.3 Å². The van der Waals surface area contributed by atoms with Gasteiger partial charge in [0.25, 0.3) is 0 Å². The van der Waals surface area contributed by atoms with E-state index in [1.165, 1.54) is 5.57 Å². The molecule has 8 nitrogen and oxygen atoms in total. The number of hydrogen-bond acceptors (Lipinski definition) is 7. The molecule has 5 aliphatic carbocycles. The van der Waals surface area contributed by atoms with Crippen molar-refractivity contribution in [2.75, 3.05) is 26.8 Å². The van der Waals surface area contributed by atoms with E-state index in [0.717, 1.165) is 62.5 Å². The quantitative estimate of drug-likeness (QED) is 0.190. The Labute approximate surface area is 341 Å². The molecule has 2 N–H and O–H groups in total. The van der Waals surface area contributed by atoms with Gasteiger partial charge in [0.05, 0.1) is 24.5 Å². The normalized spacial score (nSPS) is 35.8. The summed E-state index contributed by atoms with van der Waals surface area (Å²) in [4.78, 5) is 41.5. The third-order valence-electron chi connectivity index (χ3n) is 16.9. The Morgan fingerprint density at radius 2 is 1.62 bits per heavy atom. The highest BCUT2D eigenvalue weighted by Gasteiger charge is 2.71. The Morgan fingerprint density at radius 1 is 0.946 bits per heavy atom. The number of ether oxygens (including phenoxy) is 2. The minimum atomic E-state index is -1.17. The van der Waals surface area contributed by atoms with Gasteiger partial charge in [-0.25, -0.2) is 0 Å². The van der Waals surface area contributed by atoms with E-state index in [9.17, 15) is 24.6 Å². The van der Waals surface area contributed by atoms with Gasteiger partial charge in [-0.15, -0.1) is 0 Å². The van der Waals surface area contributed by atoms with Crippen LogP contribution in [0.2, 0.25) is 5.02 Å². The second-order valence-corrected chi connectivity index (χ2v) is 21.4. The summed E-state index contributed by atoms with van der Waals surface area (Å²) in [6.45, 7) is 22.0. The first-order valence-corrected chi connectivity index (χ1v) is 21.8. The number of methoxy groups -OCH3 is 1. The minimum Gasteiger partial charge on any atom is -0.481 e. The van der Waals surface area contributed by atoms with Crippen molar-refractivity contribution in [2.24, 2.45) is 56.2 Å². The van der Waals surface area contributed by atoms with E-state index >= 15 is 0 Å². The second kappa shape index (κ2) is 15.4. The maximum atomic E-state index is 14.3. The largest absolute Gasteiger partial charge is 0.481 e. The fourth-order valence-corrected chi connectivity index (χ4v) is 13.8. The molecule has 5 aliphatic rings. The topological polar surface area (TPSA) is 113 Å². The average molecular weight is 797 g/mol. The third kappa shape index (κ3) is 7.12. The van der Waals surface area contributed by atoms with Crippen LogP contribution in [0.1, 0.15) is 132 Å². The summed E-state index contributed by atoms with van der Waals surface area (Å²) in [5, 5.41) is 22.9.